The van der Waals surface area contributed by atoms with Crippen LogP contribution in [-0.2, 0) is 0 Å². The molecule has 0 aliphatic carbocycles. The van der Waals surface area contributed by atoms with E-state index in [0.29, 0.717) is 0 Å². The van der Waals surface area contributed by atoms with E-state index in [1.165, 1.54) is 15.4 Å². The second-order valence-electron chi connectivity index (χ2n) is 4.05. The zero-order valence-electron chi connectivity index (χ0n) is 10.4. The lowest BCUT2D eigenvalue weighted by Gasteiger charge is -2.06. The Bertz CT molecular complexity index is 497. The molecule has 2 rings (SSSR count). The molecule has 94 valence electrons. The smallest absolute Gasteiger partial charge is 0.0454 e. The Morgan fingerprint density at radius 3 is 2.39 bits per heavy atom. The van der Waals surface area contributed by atoms with E-state index in [0.717, 1.165) is 17.2 Å². The molecular formula is C15H17NS2. The fourth-order valence-corrected chi connectivity index (χ4v) is 3.49. The van der Waals surface area contributed by atoms with E-state index >= 15 is 0 Å². The van der Waals surface area contributed by atoms with Gasteiger partial charge in [0, 0.05) is 27.0 Å². The van der Waals surface area contributed by atoms with Gasteiger partial charge in [0.2, 0.25) is 0 Å². The van der Waals surface area contributed by atoms with Crippen molar-refractivity contribution in [1.29, 1.82) is 0 Å². The van der Waals surface area contributed by atoms with Crippen LogP contribution in [0.15, 0.2) is 58.3 Å². The Hall–Kier alpha value is -1.06. The normalized spacial score (nSPS) is 10.5. The second-order valence-corrected chi connectivity index (χ2v) is 6.36. The number of nitrogen functional groups attached to an aromatic ring is 1. The molecule has 0 fully saturated rings. The third kappa shape index (κ3) is 4.00. The molecule has 0 spiro atoms. The molecule has 3 heteroatoms. The second kappa shape index (κ2) is 6.76. The topological polar surface area (TPSA) is 26.0 Å². The van der Waals surface area contributed by atoms with Crippen LogP contribution in [0.1, 0.15) is 5.56 Å². The molecule has 0 unspecified atom stereocenters. The molecule has 2 N–H and O–H groups in total. The third-order valence-corrected chi connectivity index (χ3v) is 4.88. The van der Waals surface area contributed by atoms with Crippen LogP contribution in [0.2, 0.25) is 0 Å². The van der Waals surface area contributed by atoms with Crippen LogP contribution in [-0.4, -0.2) is 11.5 Å². The molecule has 0 amide bonds. The summed E-state index contributed by atoms with van der Waals surface area (Å²) in [4.78, 5) is 2.52. The van der Waals surface area contributed by atoms with E-state index in [4.69, 9.17) is 5.73 Å². The monoisotopic (exact) mass is 275 g/mol. The van der Waals surface area contributed by atoms with E-state index in [9.17, 15) is 0 Å². The first kappa shape index (κ1) is 13.4. The molecule has 0 atom stereocenters. The molecular weight excluding hydrogens is 258 g/mol. The molecule has 0 aromatic heterocycles. The van der Waals surface area contributed by atoms with Crippen molar-refractivity contribution in [2.45, 2.75) is 16.7 Å². The molecule has 18 heavy (non-hydrogen) atoms. The minimum atomic E-state index is 0.893. The van der Waals surface area contributed by atoms with Gasteiger partial charge in [0.15, 0.2) is 0 Å². The lowest BCUT2D eigenvalue weighted by Crippen LogP contribution is -1.91. The predicted octanol–water partition coefficient (Wildman–Crippen LogP) is 4.46. The fraction of sp³-hybridized carbons (Fsp3) is 0.200. The van der Waals surface area contributed by atoms with Gasteiger partial charge in [0.1, 0.15) is 0 Å². The van der Waals surface area contributed by atoms with Gasteiger partial charge in [-0.05, 0) is 36.8 Å². The number of nitrogens with two attached hydrogens (primary N) is 1. The minimum Gasteiger partial charge on any atom is -0.398 e. The van der Waals surface area contributed by atoms with E-state index in [2.05, 4.69) is 43.3 Å². The van der Waals surface area contributed by atoms with Crippen LogP contribution in [0.3, 0.4) is 0 Å². The Kier molecular flexibility index (Phi) is 5.02. The maximum Gasteiger partial charge on any atom is 0.0454 e. The van der Waals surface area contributed by atoms with Crippen LogP contribution in [0, 0.1) is 6.92 Å². The molecule has 0 saturated heterocycles. The van der Waals surface area contributed by atoms with Crippen LogP contribution in [0.4, 0.5) is 5.69 Å². The van der Waals surface area contributed by atoms with Crippen molar-refractivity contribution in [3.05, 3.63) is 54.1 Å². The number of hydrogen-bond donors (Lipinski definition) is 1. The number of benzene rings is 2. The van der Waals surface area contributed by atoms with Gasteiger partial charge in [0.05, 0.1) is 0 Å². The average Bonchev–Trinajstić information content (AvgIpc) is 2.38. The molecule has 0 aliphatic rings. The average molecular weight is 275 g/mol. The summed E-state index contributed by atoms with van der Waals surface area (Å²) < 4.78 is 0. The number of hydrogen-bond acceptors (Lipinski definition) is 3. The lowest BCUT2D eigenvalue weighted by atomic mass is 10.2. The van der Waals surface area contributed by atoms with Crippen molar-refractivity contribution < 1.29 is 0 Å². The first-order valence-electron chi connectivity index (χ1n) is 5.92. The van der Waals surface area contributed by atoms with E-state index in [1.54, 1.807) is 0 Å². The highest BCUT2D eigenvalue weighted by Gasteiger charge is 2.00. The highest BCUT2D eigenvalue weighted by atomic mass is 32.2. The zero-order valence-corrected chi connectivity index (χ0v) is 12.1. The number of anilines is 1. The van der Waals surface area contributed by atoms with Crippen molar-refractivity contribution in [2.75, 3.05) is 17.2 Å². The highest BCUT2D eigenvalue weighted by molar-refractivity contribution is 8.03. The quantitative estimate of drug-likeness (QED) is 0.495. The first-order chi connectivity index (χ1) is 8.75. The first-order valence-corrected chi connectivity index (χ1v) is 7.89. The van der Waals surface area contributed by atoms with Crippen molar-refractivity contribution in [1.82, 2.24) is 0 Å². The molecule has 2 aromatic rings. The van der Waals surface area contributed by atoms with Crippen molar-refractivity contribution in [3.8, 4) is 0 Å². The molecule has 0 heterocycles. The Balaban J connectivity index is 1.79. The minimum absolute atomic E-state index is 0.893. The van der Waals surface area contributed by atoms with Crippen LogP contribution in [0.25, 0.3) is 0 Å². The fourth-order valence-electron chi connectivity index (χ4n) is 1.63. The summed E-state index contributed by atoms with van der Waals surface area (Å²) in [7, 11) is 0. The van der Waals surface area contributed by atoms with Crippen LogP contribution in [0.5, 0.6) is 0 Å². The number of thioether (sulfide) groups is 2. The Morgan fingerprint density at radius 2 is 1.67 bits per heavy atom. The van der Waals surface area contributed by atoms with Gasteiger partial charge < -0.3 is 5.73 Å². The van der Waals surface area contributed by atoms with E-state index in [-0.39, 0.29) is 0 Å². The van der Waals surface area contributed by atoms with Gasteiger partial charge >= 0.3 is 0 Å². The van der Waals surface area contributed by atoms with Crippen molar-refractivity contribution in [2.24, 2.45) is 0 Å². The van der Waals surface area contributed by atoms with Gasteiger partial charge in [-0.3, -0.25) is 0 Å². The van der Waals surface area contributed by atoms with E-state index < -0.39 is 0 Å². The van der Waals surface area contributed by atoms with Crippen molar-refractivity contribution in [3.63, 3.8) is 0 Å². The summed E-state index contributed by atoms with van der Waals surface area (Å²) in [6, 6.07) is 16.8. The molecule has 0 radical (unpaired) electrons. The molecule has 2 aromatic carbocycles. The van der Waals surface area contributed by atoms with Gasteiger partial charge in [-0.15, -0.1) is 23.5 Å². The Labute approximate surface area is 117 Å². The molecule has 0 saturated carbocycles. The van der Waals surface area contributed by atoms with Crippen LogP contribution >= 0.6 is 23.5 Å². The maximum atomic E-state index is 5.99. The molecule has 0 aliphatic heterocycles. The lowest BCUT2D eigenvalue weighted by molar-refractivity contribution is 1.37. The summed E-state index contributed by atoms with van der Waals surface area (Å²) in [5.74, 6) is 2.18. The highest BCUT2D eigenvalue weighted by Crippen LogP contribution is 2.27. The van der Waals surface area contributed by atoms with E-state index in [1.807, 2.05) is 35.7 Å². The third-order valence-electron chi connectivity index (χ3n) is 2.52. The molecule has 1 nitrogen and oxygen atoms in total. The van der Waals surface area contributed by atoms with Gasteiger partial charge in [-0.2, -0.15) is 0 Å². The summed E-state index contributed by atoms with van der Waals surface area (Å²) in [6.07, 6.45) is 0. The van der Waals surface area contributed by atoms with Gasteiger partial charge in [0.25, 0.3) is 0 Å². The number of aryl methyl sites for hydroxylation is 1. The van der Waals surface area contributed by atoms with Crippen molar-refractivity contribution >= 4 is 29.2 Å². The number of rotatable bonds is 5. The summed E-state index contributed by atoms with van der Waals surface area (Å²) in [6.45, 7) is 2.07. The van der Waals surface area contributed by atoms with Gasteiger partial charge in [-0.25, -0.2) is 0 Å². The zero-order chi connectivity index (χ0) is 12.8. The molecule has 0 bridgehead atoms. The maximum absolute atomic E-state index is 5.99. The van der Waals surface area contributed by atoms with Crippen LogP contribution < -0.4 is 5.73 Å². The Morgan fingerprint density at radius 1 is 0.944 bits per heavy atom. The predicted molar refractivity (Wildman–Crippen MR) is 83.5 cm³/mol. The SMILES string of the molecule is Cc1ccc(SCCSc2ccccc2)c(N)c1. The largest absolute Gasteiger partial charge is 0.398 e. The van der Waals surface area contributed by atoms with Gasteiger partial charge in [-0.1, -0.05) is 24.3 Å². The summed E-state index contributed by atoms with van der Waals surface area (Å²) in [5.41, 5.74) is 8.10. The summed E-state index contributed by atoms with van der Waals surface area (Å²) >= 11 is 3.72. The summed E-state index contributed by atoms with van der Waals surface area (Å²) in [5, 5.41) is 0. The standard InChI is InChI=1S/C15H17NS2/c1-12-7-8-15(14(16)11-12)18-10-9-17-13-5-3-2-4-6-13/h2-8,11H,9-10,16H2,1H3.